The monoisotopic (exact) mass is 375 g/mol. The number of hydrogen-bond donors (Lipinski definition) is 1. The summed E-state index contributed by atoms with van der Waals surface area (Å²) in [5.74, 6) is -0.938. The summed E-state index contributed by atoms with van der Waals surface area (Å²) in [5, 5.41) is 7.47. The molecule has 1 aromatic carbocycles. The number of carbonyl (C=O) groups excluding carboxylic acids is 2. The first-order valence-electron chi connectivity index (χ1n) is 8.41. The molecule has 6 nitrogen and oxygen atoms in total. The summed E-state index contributed by atoms with van der Waals surface area (Å²) in [6.45, 7) is 5.82. The van der Waals surface area contributed by atoms with Crippen LogP contribution in [0.2, 0.25) is 5.15 Å². The molecular formula is C19H22ClN3O3. The third-order valence-electron chi connectivity index (χ3n) is 3.65. The number of benzene rings is 1. The van der Waals surface area contributed by atoms with Crippen molar-refractivity contribution in [2.45, 2.75) is 33.3 Å². The lowest BCUT2D eigenvalue weighted by atomic mass is 10.2. The van der Waals surface area contributed by atoms with Crippen LogP contribution in [0.1, 0.15) is 31.5 Å². The average Bonchev–Trinajstić information content (AvgIpc) is 2.92. The van der Waals surface area contributed by atoms with Crippen LogP contribution >= 0.6 is 11.6 Å². The fourth-order valence-corrected chi connectivity index (χ4v) is 2.59. The minimum atomic E-state index is -0.859. The maximum atomic E-state index is 11.9. The molecule has 1 amide bonds. The smallest absolute Gasteiger partial charge is 0.331 e. The Balaban J connectivity index is 2.07. The molecule has 0 bridgehead atoms. The minimum Gasteiger partial charge on any atom is -0.449 e. The first kappa shape index (κ1) is 19.7. The molecule has 2 aromatic rings. The molecule has 7 heteroatoms. The normalized spacial score (nSPS) is 12.2. The second kappa shape index (κ2) is 9.20. The minimum absolute atomic E-state index is 0.320. The van der Waals surface area contributed by atoms with Crippen molar-refractivity contribution < 1.29 is 14.3 Å². The van der Waals surface area contributed by atoms with Gasteiger partial charge in [-0.25, -0.2) is 9.48 Å². The van der Waals surface area contributed by atoms with Gasteiger partial charge in [-0.1, -0.05) is 36.7 Å². The molecule has 0 saturated carbocycles. The van der Waals surface area contributed by atoms with E-state index in [0.29, 0.717) is 23.0 Å². The van der Waals surface area contributed by atoms with Crippen LogP contribution in [0.15, 0.2) is 36.4 Å². The van der Waals surface area contributed by atoms with Gasteiger partial charge in [-0.2, -0.15) is 5.10 Å². The van der Waals surface area contributed by atoms with Crippen molar-refractivity contribution in [1.82, 2.24) is 15.1 Å². The van der Waals surface area contributed by atoms with Gasteiger partial charge in [0, 0.05) is 18.2 Å². The van der Waals surface area contributed by atoms with Gasteiger partial charge in [0.1, 0.15) is 5.15 Å². The molecule has 1 heterocycles. The molecule has 2 rings (SSSR count). The van der Waals surface area contributed by atoms with E-state index >= 15 is 0 Å². The fraction of sp³-hybridized carbons (Fsp3) is 0.316. The van der Waals surface area contributed by atoms with Crippen LogP contribution in [0.4, 0.5) is 0 Å². The van der Waals surface area contributed by atoms with Crippen molar-refractivity contribution in [3.8, 4) is 5.69 Å². The number of rotatable bonds is 7. The van der Waals surface area contributed by atoms with Gasteiger partial charge in [-0.05, 0) is 38.5 Å². The van der Waals surface area contributed by atoms with Crippen LogP contribution in [0.3, 0.4) is 0 Å². The molecule has 0 aliphatic rings. The number of para-hydroxylation sites is 1. The van der Waals surface area contributed by atoms with E-state index in [0.717, 1.165) is 12.1 Å². The number of nitrogens with one attached hydrogen (secondary N) is 1. The molecule has 26 heavy (non-hydrogen) atoms. The Morgan fingerprint density at radius 3 is 2.69 bits per heavy atom. The zero-order chi connectivity index (χ0) is 19.1. The summed E-state index contributed by atoms with van der Waals surface area (Å²) in [5.41, 5.74) is 2.12. The van der Waals surface area contributed by atoms with Gasteiger partial charge >= 0.3 is 5.97 Å². The fourth-order valence-electron chi connectivity index (χ4n) is 2.25. The first-order valence-corrected chi connectivity index (χ1v) is 8.78. The van der Waals surface area contributed by atoms with Gasteiger partial charge < -0.3 is 10.1 Å². The zero-order valence-corrected chi connectivity index (χ0v) is 15.8. The number of esters is 1. The number of aryl methyl sites for hydroxylation is 1. The second-order valence-corrected chi connectivity index (χ2v) is 6.10. The average molecular weight is 376 g/mol. The molecule has 1 N–H and O–H groups in total. The number of nitrogens with zero attached hydrogens (tertiary/aromatic N) is 2. The SMILES string of the molecule is CCCNC(=O)[C@@H](C)OC(=O)/C=C/c1c(C)nn(-c2ccccc2)c1Cl. The van der Waals surface area contributed by atoms with E-state index in [1.54, 1.807) is 17.7 Å². The number of ether oxygens (including phenoxy) is 1. The zero-order valence-electron chi connectivity index (χ0n) is 15.0. The molecule has 138 valence electrons. The van der Waals surface area contributed by atoms with E-state index in [-0.39, 0.29) is 5.91 Å². The van der Waals surface area contributed by atoms with E-state index in [9.17, 15) is 9.59 Å². The van der Waals surface area contributed by atoms with Crippen LogP contribution in [0.5, 0.6) is 0 Å². The quantitative estimate of drug-likeness (QED) is 0.595. The molecule has 0 radical (unpaired) electrons. The molecule has 0 aliphatic carbocycles. The Morgan fingerprint density at radius 1 is 1.35 bits per heavy atom. The van der Waals surface area contributed by atoms with Crippen molar-refractivity contribution >= 4 is 29.6 Å². The van der Waals surface area contributed by atoms with Gasteiger partial charge in [0.2, 0.25) is 0 Å². The molecule has 0 saturated heterocycles. The lowest BCUT2D eigenvalue weighted by molar-refractivity contribution is -0.150. The van der Waals surface area contributed by atoms with Crippen molar-refractivity contribution in [2.75, 3.05) is 6.54 Å². The molecule has 0 unspecified atom stereocenters. The topological polar surface area (TPSA) is 73.2 Å². The Labute approximate surface area is 157 Å². The molecule has 1 atom stereocenters. The highest BCUT2D eigenvalue weighted by molar-refractivity contribution is 6.31. The number of hydrogen-bond acceptors (Lipinski definition) is 4. The van der Waals surface area contributed by atoms with Crippen LogP contribution in [-0.4, -0.2) is 34.3 Å². The summed E-state index contributed by atoms with van der Waals surface area (Å²) >= 11 is 6.39. The van der Waals surface area contributed by atoms with Gasteiger partial charge in [0.05, 0.1) is 11.4 Å². The van der Waals surface area contributed by atoms with Crippen molar-refractivity contribution in [2.24, 2.45) is 0 Å². The standard InChI is InChI=1S/C19H22ClN3O3/c1-4-12-21-19(25)14(3)26-17(24)11-10-16-13(2)22-23(18(16)20)15-8-6-5-7-9-15/h5-11,14H,4,12H2,1-3H3,(H,21,25)/b11-10+/t14-/m1/s1. The predicted molar refractivity (Wildman–Crippen MR) is 101 cm³/mol. The van der Waals surface area contributed by atoms with Crippen LogP contribution in [0.25, 0.3) is 11.8 Å². The van der Waals surface area contributed by atoms with E-state index in [4.69, 9.17) is 16.3 Å². The third-order valence-corrected chi connectivity index (χ3v) is 4.01. The Bertz CT molecular complexity index is 800. The number of carbonyl (C=O) groups is 2. The van der Waals surface area contributed by atoms with Gasteiger partial charge in [0.25, 0.3) is 5.91 Å². The molecule has 0 aliphatic heterocycles. The summed E-state index contributed by atoms with van der Waals surface area (Å²) in [4.78, 5) is 23.7. The summed E-state index contributed by atoms with van der Waals surface area (Å²) < 4.78 is 6.69. The van der Waals surface area contributed by atoms with Crippen LogP contribution in [0, 0.1) is 6.92 Å². The molecule has 0 spiro atoms. The molecular weight excluding hydrogens is 354 g/mol. The predicted octanol–water partition coefficient (Wildman–Crippen LogP) is 3.31. The van der Waals surface area contributed by atoms with Crippen molar-refractivity contribution in [3.63, 3.8) is 0 Å². The van der Waals surface area contributed by atoms with E-state index in [2.05, 4.69) is 10.4 Å². The maximum absolute atomic E-state index is 11.9. The van der Waals surface area contributed by atoms with Gasteiger partial charge in [-0.15, -0.1) is 0 Å². The highest BCUT2D eigenvalue weighted by Gasteiger charge is 2.16. The highest BCUT2D eigenvalue weighted by Crippen LogP contribution is 2.24. The largest absolute Gasteiger partial charge is 0.449 e. The van der Waals surface area contributed by atoms with E-state index in [1.165, 1.54) is 13.0 Å². The van der Waals surface area contributed by atoms with E-state index in [1.807, 2.05) is 37.3 Å². The lowest BCUT2D eigenvalue weighted by Gasteiger charge is -2.11. The summed E-state index contributed by atoms with van der Waals surface area (Å²) in [6.07, 6.45) is 2.75. The van der Waals surface area contributed by atoms with Gasteiger partial charge in [-0.3, -0.25) is 4.79 Å². The number of amides is 1. The summed E-state index contributed by atoms with van der Waals surface area (Å²) in [7, 11) is 0. The lowest BCUT2D eigenvalue weighted by Crippen LogP contribution is -2.35. The third kappa shape index (κ3) is 4.95. The first-order chi connectivity index (χ1) is 12.4. The Kier molecular flexibility index (Phi) is 6.97. The van der Waals surface area contributed by atoms with Crippen LogP contribution < -0.4 is 5.32 Å². The Hall–Kier alpha value is -2.60. The Morgan fingerprint density at radius 2 is 2.04 bits per heavy atom. The number of aromatic nitrogens is 2. The maximum Gasteiger partial charge on any atom is 0.331 e. The number of halogens is 1. The second-order valence-electron chi connectivity index (χ2n) is 5.74. The highest BCUT2D eigenvalue weighted by atomic mass is 35.5. The van der Waals surface area contributed by atoms with Crippen molar-refractivity contribution in [3.05, 3.63) is 52.8 Å². The molecule has 1 aromatic heterocycles. The summed E-state index contributed by atoms with van der Waals surface area (Å²) in [6, 6.07) is 9.46. The van der Waals surface area contributed by atoms with Crippen molar-refractivity contribution in [1.29, 1.82) is 0 Å². The van der Waals surface area contributed by atoms with Gasteiger partial charge in [0.15, 0.2) is 6.10 Å². The molecule has 0 fully saturated rings. The van der Waals surface area contributed by atoms with E-state index < -0.39 is 12.1 Å². The van der Waals surface area contributed by atoms with Crippen LogP contribution in [-0.2, 0) is 14.3 Å².